The lowest BCUT2D eigenvalue weighted by molar-refractivity contribution is -0.144. The van der Waals surface area contributed by atoms with Crippen molar-refractivity contribution in [3.8, 4) is 0 Å². The second kappa shape index (κ2) is 9.90. The van der Waals surface area contributed by atoms with Crippen molar-refractivity contribution in [1.29, 1.82) is 0 Å². The van der Waals surface area contributed by atoms with Gasteiger partial charge in [0.1, 0.15) is 0 Å². The van der Waals surface area contributed by atoms with E-state index in [1.54, 1.807) is 6.20 Å². The molecule has 0 saturated carbocycles. The molecule has 0 bridgehead atoms. The number of carbonyl (C=O) groups is 2. The van der Waals surface area contributed by atoms with Gasteiger partial charge in [-0.15, -0.1) is 13.2 Å². The molecule has 2 rings (SSSR count). The van der Waals surface area contributed by atoms with Crippen molar-refractivity contribution in [1.82, 2.24) is 15.1 Å². The van der Waals surface area contributed by atoms with Gasteiger partial charge in [0.2, 0.25) is 5.91 Å². The molecule has 0 radical (unpaired) electrons. The van der Waals surface area contributed by atoms with Crippen molar-refractivity contribution in [2.45, 2.75) is 47.1 Å². The number of hydrogen-bond donors (Lipinski definition) is 1. The van der Waals surface area contributed by atoms with Crippen LogP contribution in [0.5, 0.6) is 0 Å². The second-order valence-electron chi connectivity index (χ2n) is 7.58. The molecule has 0 atom stereocenters. The van der Waals surface area contributed by atoms with E-state index in [1.807, 2.05) is 24.0 Å². The number of rotatable bonds is 6. The van der Waals surface area contributed by atoms with Gasteiger partial charge in [-0.2, -0.15) is 5.10 Å². The lowest BCUT2D eigenvalue weighted by atomic mass is 9.95. The Hall–Kier alpha value is -2.63. The molecule has 0 saturated heterocycles. The van der Waals surface area contributed by atoms with Crippen LogP contribution in [0.1, 0.15) is 46.2 Å². The number of fused-ring (bicyclic) bond motifs is 1. The smallest absolute Gasteiger partial charge is 0.306 e. The summed E-state index contributed by atoms with van der Waals surface area (Å²) in [5.41, 5.74) is 3.12. The van der Waals surface area contributed by atoms with E-state index in [0.717, 1.165) is 22.0 Å². The number of ether oxygens (including phenoxy) is 1. The van der Waals surface area contributed by atoms with Gasteiger partial charge in [-0.25, -0.2) is 0 Å². The summed E-state index contributed by atoms with van der Waals surface area (Å²) in [7, 11) is 1.34. The van der Waals surface area contributed by atoms with Crippen LogP contribution in [0.2, 0.25) is 0 Å². The number of amides is 1. The maximum absolute atomic E-state index is 12.7. The SMILES string of the molecule is C=C.COC(=O)CCC(=O)N(Cc1c(C)ccc2[nH]ncc12)CC(C)(C)C.[HH]. The zero-order valence-electron chi connectivity index (χ0n) is 17.1. The summed E-state index contributed by atoms with van der Waals surface area (Å²) in [6, 6.07) is 4.03. The first-order valence-corrected chi connectivity index (χ1v) is 8.97. The van der Waals surface area contributed by atoms with E-state index in [2.05, 4.69) is 48.9 Å². The van der Waals surface area contributed by atoms with Crippen LogP contribution in [0.3, 0.4) is 0 Å². The van der Waals surface area contributed by atoms with E-state index in [1.165, 1.54) is 7.11 Å². The molecule has 0 unspecified atom stereocenters. The quantitative estimate of drug-likeness (QED) is 0.605. The van der Waals surface area contributed by atoms with Crippen LogP contribution in [0.25, 0.3) is 10.9 Å². The molecule has 0 aliphatic rings. The lowest BCUT2D eigenvalue weighted by Crippen LogP contribution is -2.37. The highest BCUT2D eigenvalue weighted by Crippen LogP contribution is 2.25. The highest BCUT2D eigenvalue weighted by Gasteiger charge is 2.23. The Morgan fingerprint density at radius 1 is 1.26 bits per heavy atom. The molecule has 6 heteroatoms. The van der Waals surface area contributed by atoms with E-state index >= 15 is 0 Å². The maximum atomic E-state index is 12.7. The lowest BCUT2D eigenvalue weighted by Gasteiger charge is -2.31. The summed E-state index contributed by atoms with van der Waals surface area (Å²) in [5.74, 6) is -0.405. The number of methoxy groups -OCH3 is 1. The molecular weight excluding hydrogens is 342 g/mol. The Kier molecular flexibility index (Phi) is 8.22. The molecule has 1 heterocycles. The monoisotopic (exact) mass is 375 g/mol. The molecule has 1 aromatic heterocycles. The summed E-state index contributed by atoms with van der Waals surface area (Å²) in [5, 5.41) is 8.11. The predicted octanol–water partition coefficient (Wildman–Crippen LogP) is 4.25. The van der Waals surface area contributed by atoms with Gasteiger partial charge < -0.3 is 9.64 Å². The minimum absolute atomic E-state index is 0. The first-order chi connectivity index (χ1) is 12.7. The Bertz CT molecular complexity index is 781. The zero-order chi connectivity index (χ0) is 20.6. The van der Waals surface area contributed by atoms with Crippen molar-refractivity contribution < 1.29 is 15.8 Å². The van der Waals surface area contributed by atoms with Gasteiger partial charge in [0.05, 0.1) is 25.2 Å². The fraction of sp³-hybridized carbons (Fsp3) is 0.476. The average Bonchev–Trinajstić information content (AvgIpc) is 3.10. The molecule has 0 spiro atoms. The van der Waals surface area contributed by atoms with Crippen molar-refractivity contribution >= 4 is 22.8 Å². The maximum Gasteiger partial charge on any atom is 0.306 e. The van der Waals surface area contributed by atoms with Gasteiger partial charge in [0, 0.05) is 26.3 Å². The second-order valence-corrected chi connectivity index (χ2v) is 7.58. The molecule has 0 aliphatic heterocycles. The Morgan fingerprint density at radius 3 is 2.52 bits per heavy atom. The number of nitrogens with zero attached hydrogens (tertiary/aromatic N) is 2. The topological polar surface area (TPSA) is 75.3 Å². The minimum Gasteiger partial charge on any atom is -0.469 e. The van der Waals surface area contributed by atoms with Crippen LogP contribution in [0.4, 0.5) is 0 Å². The van der Waals surface area contributed by atoms with E-state index < -0.39 is 0 Å². The number of carbonyl (C=O) groups excluding carboxylic acids is 2. The van der Waals surface area contributed by atoms with Gasteiger partial charge in [0.15, 0.2) is 0 Å². The van der Waals surface area contributed by atoms with E-state index in [0.29, 0.717) is 13.1 Å². The van der Waals surface area contributed by atoms with Gasteiger partial charge in [-0.3, -0.25) is 14.7 Å². The first kappa shape index (κ1) is 22.4. The van der Waals surface area contributed by atoms with E-state index in [-0.39, 0.29) is 31.6 Å². The van der Waals surface area contributed by atoms with Crippen LogP contribution < -0.4 is 0 Å². The highest BCUT2D eigenvalue weighted by atomic mass is 16.5. The third kappa shape index (κ3) is 6.55. The normalized spacial score (nSPS) is 10.9. The fourth-order valence-electron chi connectivity index (χ4n) is 2.86. The Balaban J connectivity index is 0.00000235. The van der Waals surface area contributed by atoms with Crippen LogP contribution in [0, 0.1) is 12.3 Å². The largest absolute Gasteiger partial charge is 0.469 e. The molecule has 150 valence electrons. The summed E-state index contributed by atoms with van der Waals surface area (Å²) in [4.78, 5) is 25.9. The first-order valence-electron chi connectivity index (χ1n) is 8.97. The van der Waals surface area contributed by atoms with Crippen LogP contribution in [-0.2, 0) is 20.9 Å². The Morgan fingerprint density at radius 2 is 1.93 bits per heavy atom. The van der Waals surface area contributed by atoms with E-state index in [4.69, 9.17) is 0 Å². The standard InChI is InChI=1S/C19H27N3O3.C2H4.H2/c1-13-6-7-16-14(10-20-21-16)15(13)11-22(12-19(2,3)4)17(23)8-9-18(24)25-5;1-2;/h6-7,10H,8-9,11-12H2,1-5H3,(H,20,21);1-2H2;1H. The number of aryl methyl sites for hydroxylation is 1. The van der Waals surface area contributed by atoms with Gasteiger partial charge >= 0.3 is 5.97 Å². The molecule has 1 aromatic carbocycles. The summed E-state index contributed by atoms with van der Waals surface area (Å²) in [6.45, 7) is 15.4. The van der Waals surface area contributed by atoms with Gasteiger partial charge in [0.25, 0.3) is 0 Å². The molecule has 1 amide bonds. The van der Waals surface area contributed by atoms with Crippen LogP contribution in [0.15, 0.2) is 31.5 Å². The molecule has 0 aliphatic carbocycles. The third-order valence-electron chi connectivity index (χ3n) is 4.11. The summed E-state index contributed by atoms with van der Waals surface area (Å²) >= 11 is 0. The number of H-pyrrole nitrogens is 1. The molecule has 0 fully saturated rings. The number of nitrogens with one attached hydrogen (secondary N) is 1. The summed E-state index contributed by atoms with van der Waals surface area (Å²) in [6.07, 6.45) is 2.06. The van der Waals surface area contributed by atoms with Crippen LogP contribution in [-0.4, -0.2) is 40.6 Å². The number of benzene rings is 1. The van der Waals surface area contributed by atoms with Crippen molar-refractivity contribution in [2.24, 2.45) is 5.41 Å². The van der Waals surface area contributed by atoms with Crippen molar-refractivity contribution in [2.75, 3.05) is 13.7 Å². The molecule has 27 heavy (non-hydrogen) atoms. The average molecular weight is 376 g/mol. The van der Waals surface area contributed by atoms with Gasteiger partial charge in [-0.05, 0) is 29.5 Å². The van der Waals surface area contributed by atoms with E-state index in [9.17, 15) is 9.59 Å². The molecular formula is C21H33N3O3. The van der Waals surface area contributed by atoms with Crippen molar-refractivity contribution in [3.63, 3.8) is 0 Å². The van der Waals surface area contributed by atoms with Crippen LogP contribution >= 0.6 is 0 Å². The molecule has 6 nitrogen and oxygen atoms in total. The molecule has 1 N–H and O–H groups in total. The number of hydrogen-bond acceptors (Lipinski definition) is 4. The van der Waals surface area contributed by atoms with Gasteiger partial charge in [-0.1, -0.05) is 26.8 Å². The number of aromatic amines is 1. The highest BCUT2D eigenvalue weighted by molar-refractivity contribution is 5.84. The third-order valence-corrected chi connectivity index (χ3v) is 4.11. The molecule has 2 aromatic rings. The summed E-state index contributed by atoms with van der Waals surface area (Å²) < 4.78 is 4.64. The number of aromatic nitrogens is 2. The van der Waals surface area contributed by atoms with Crippen molar-refractivity contribution in [3.05, 3.63) is 42.6 Å². The zero-order valence-corrected chi connectivity index (χ0v) is 17.1. The number of esters is 1. The Labute approximate surface area is 163 Å². The fourth-order valence-corrected chi connectivity index (χ4v) is 2.86. The minimum atomic E-state index is -0.364. The predicted molar refractivity (Wildman–Crippen MR) is 110 cm³/mol.